The summed E-state index contributed by atoms with van der Waals surface area (Å²) in [6, 6.07) is 8.44. The van der Waals surface area contributed by atoms with Gasteiger partial charge in [0.1, 0.15) is 0 Å². The smallest absolute Gasteiger partial charge is 0.0949 e. The summed E-state index contributed by atoms with van der Waals surface area (Å²) in [4.78, 5) is 0. The van der Waals surface area contributed by atoms with Crippen LogP contribution in [0, 0.1) is 0 Å². The fourth-order valence-corrected chi connectivity index (χ4v) is 2.28. The molecule has 0 fully saturated rings. The molecule has 1 rings (SSSR count). The second-order valence-corrected chi connectivity index (χ2v) is 5.97. The standard InChI is InChI=1S/C17H28ClNO/c1-4-5-6-7-11-20-17(13-19-14(2)3)15-9-8-10-16(18)12-15/h8-10,12,14,17,19H,4-7,11,13H2,1-3H3. The van der Waals surface area contributed by atoms with E-state index in [9.17, 15) is 0 Å². The molecule has 1 N–H and O–H groups in total. The van der Waals surface area contributed by atoms with Gasteiger partial charge in [0.05, 0.1) is 6.10 Å². The molecular weight excluding hydrogens is 270 g/mol. The van der Waals surface area contributed by atoms with Gasteiger partial charge in [0.2, 0.25) is 0 Å². The molecule has 1 aromatic carbocycles. The van der Waals surface area contributed by atoms with Gasteiger partial charge >= 0.3 is 0 Å². The summed E-state index contributed by atoms with van der Waals surface area (Å²) in [6.07, 6.45) is 5.00. The van der Waals surface area contributed by atoms with Crippen LogP contribution in [0.3, 0.4) is 0 Å². The molecule has 114 valence electrons. The number of rotatable bonds is 10. The molecule has 20 heavy (non-hydrogen) atoms. The average Bonchev–Trinajstić information content (AvgIpc) is 2.41. The van der Waals surface area contributed by atoms with E-state index in [2.05, 4.69) is 32.2 Å². The van der Waals surface area contributed by atoms with Crippen molar-refractivity contribution in [2.24, 2.45) is 0 Å². The van der Waals surface area contributed by atoms with E-state index in [1.54, 1.807) is 0 Å². The molecule has 0 aliphatic rings. The lowest BCUT2D eigenvalue weighted by Gasteiger charge is -2.20. The lowest BCUT2D eigenvalue weighted by Crippen LogP contribution is -2.29. The number of halogens is 1. The van der Waals surface area contributed by atoms with E-state index in [4.69, 9.17) is 16.3 Å². The van der Waals surface area contributed by atoms with Crippen molar-refractivity contribution in [3.8, 4) is 0 Å². The zero-order valence-corrected chi connectivity index (χ0v) is 13.7. The van der Waals surface area contributed by atoms with E-state index in [0.29, 0.717) is 6.04 Å². The van der Waals surface area contributed by atoms with Gasteiger partial charge in [-0.1, -0.05) is 63.8 Å². The van der Waals surface area contributed by atoms with Gasteiger partial charge in [0.15, 0.2) is 0 Å². The van der Waals surface area contributed by atoms with Crippen LogP contribution in [-0.4, -0.2) is 19.2 Å². The zero-order valence-electron chi connectivity index (χ0n) is 13.0. The lowest BCUT2D eigenvalue weighted by atomic mass is 10.1. The minimum Gasteiger partial charge on any atom is -0.372 e. The molecule has 0 spiro atoms. The molecule has 1 aromatic rings. The molecule has 0 amide bonds. The molecule has 1 atom stereocenters. The third-order valence-corrected chi connectivity index (χ3v) is 3.48. The first-order chi connectivity index (χ1) is 9.63. The Bertz CT molecular complexity index is 368. The van der Waals surface area contributed by atoms with Gasteiger partial charge in [-0.05, 0) is 24.1 Å². The maximum absolute atomic E-state index is 6.08. The van der Waals surface area contributed by atoms with Crippen LogP contribution in [0.2, 0.25) is 5.02 Å². The summed E-state index contributed by atoms with van der Waals surface area (Å²) in [5.74, 6) is 0. The number of nitrogens with one attached hydrogen (secondary N) is 1. The number of hydrogen-bond acceptors (Lipinski definition) is 2. The highest BCUT2D eigenvalue weighted by atomic mass is 35.5. The van der Waals surface area contributed by atoms with Crippen molar-refractivity contribution >= 4 is 11.6 Å². The first-order valence-corrected chi connectivity index (χ1v) is 8.11. The molecule has 1 unspecified atom stereocenters. The van der Waals surface area contributed by atoms with Crippen LogP contribution in [0.4, 0.5) is 0 Å². The fourth-order valence-electron chi connectivity index (χ4n) is 2.08. The topological polar surface area (TPSA) is 21.3 Å². The van der Waals surface area contributed by atoms with Crippen LogP contribution >= 0.6 is 11.6 Å². The average molecular weight is 298 g/mol. The summed E-state index contributed by atoms with van der Waals surface area (Å²) in [6.45, 7) is 8.16. The van der Waals surface area contributed by atoms with E-state index in [0.717, 1.165) is 30.2 Å². The number of benzene rings is 1. The van der Waals surface area contributed by atoms with Crippen molar-refractivity contribution in [1.29, 1.82) is 0 Å². The van der Waals surface area contributed by atoms with Gasteiger partial charge < -0.3 is 10.1 Å². The minimum absolute atomic E-state index is 0.0812. The summed E-state index contributed by atoms with van der Waals surface area (Å²) in [5.41, 5.74) is 1.15. The van der Waals surface area contributed by atoms with E-state index in [-0.39, 0.29) is 6.10 Å². The Hall–Kier alpha value is -0.570. The summed E-state index contributed by atoms with van der Waals surface area (Å²) in [7, 11) is 0. The van der Waals surface area contributed by atoms with Gasteiger partial charge in [-0.2, -0.15) is 0 Å². The Morgan fingerprint density at radius 3 is 2.65 bits per heavy atom. The van der Waals surface area contributed by atoms with Crippen molar-refractivity contribution in [3.63, 3.8) is 0 Å². The SMILES string of the molecule is CCCCCCOC(CNC(C)C)c1cccc(Cl)c1. The van der Waals surface area contributed by atoms with Crippen molar-refractivity contribution in [1.82, 2.24) is 5.32 Å². The normalized spacial score (nSPS) is 12.8. The highest BCUT2D eigenvalue weighted by molar-refractivity contribution is 6.30. The Labute approximate surface area is 128 Å². The molecule has 2 nitrogen and oxygen atoms in total. The van der Waals surface area contributed by atoms with Crippen LogP contribution < -0.4 is 5.32 Å². The van der Waals surface area contributed by atoms with E-state index in [1.165, 1.54) is 19.3 Å². The number of unbranched alkanes of at least 4 members (excludes halogenated alkanes) is 3. The zero-order chi connectivity index (χ0) is 14.8. The highest BCUT2D eigenvalue weighted by Gasteiger charge is 2.12. The van der Waals surface area contributed by atoms with E-state index < -0.39 is 0 Å². The van der Waals surface area contributed by atoms with Crippen molar-refractivity contribution in [3.05, 3.63) is 34.9 Å². The molecule has 3 heteroatoms. The van der Waals surface area contributed by atoms with Gasteiger partial charge in [-0.3, -0.25) is 0 Å². The Morgan fingerprint density at radius 1 is 1.20 bits per heavy atom. The molecule has 0 radical (unpaired) electrons. The predicted molar refractivity (Wildman–Crippen MR) is 87.4 cm³/mol. The Balaban J connectivity index is 2.51. The highest BCUT2D eigenvalue weighted by Crippen LogP contribution is 2.21. The molecule has 0 saturated heterocycles. The molecule has 0 aromatic heterocycles. The summed E-state index contributed by atoms with van der Waals surface area (Å²) < 4.78 is 6.06. The van der Waals surface area contributed by atoms with Crippen LogP contribution in [0.1, 0.15) is 58.1 Å². The molecule has 0 aliphatic heterocycles. The van der Waals surface area contributed by atoms with Crippen LogP contribution in [0.15, 0.2) is 24.3 Å². The summed E-state index contributed by atoms with van der Waals surface area (Å²) in [5, 5.41) is 4.22. The van der Waals surface area contributed by atoms with Crippen molar-refractivity contribution in [2.75, 3.05) is 13.2 Å². The van der Waals surface area contributed by atoms with E-state index in [1.807, 2.05) is 18.2 Å². The Kier molecular flexibility index (Phi) is 8.92. The monoisotopic (exact) mass is 297 g/mol. The molecular formula is C17H28ClNO. The third-order valence-electron chi connectivity index (χ3n) is 3.25. The summed E-state index contributed by atoms with van der Waals surface area (Å²) >= 11 is 6.08. The predicted octanol–water partition coefficient (Wildman–Crippen LogP) is 4.98. The Morgan fingerprint density at radius 2 is 2.00 bits per heavy atom. The third kappa shape index (κ3) is 7.28. The second kappa shape index (κ2) is 10.2. The van der Waals surface area contributed by atoms with Gasteiger partial charge in [0, 0.05) is 24.2 Å². The molecule has 0 aliphatic carbocycles. The molecule has 0 heterocycles. The molecule has 0 bridgehead atoms. The lowest BCUT2D eigenvalue weighted by molar-refractivity contribution is 0.0486. The van der Waals surface area contributed by atoms with Crippen LogP contribution in [0.25, 0.3) is 0 Å². The van der Waals surface area contributed by atoms with Gasteiger partial charge in [-0.15, -0.1) is 0 Å². The first kappa shape index (κ1) is 17.5. The molecule has 0 saturated carbocycles. The van der Waals surface area contributed by atoms with Crippen LogP contribution in [-0.2, 0) is 4.74 Å². The fraction of sp³-hybridized carbons (Fsp3) is 0.647. The second-order valence-electron chi connectivity index (χ2n) is 5.54. The maximum Gasteiger partial charge on any atom is 0.0949 e. The van der Waals surface area contributed by atoms with Crippen LogP contribution in [0.5, 0.6) is 0 Å². The first-order valence-electron chi connectivity index (χ1n) is 7.74. The quantitative estimate of drug-likeness (QED) is 0.615. The van der Waals surface area contributed by atoms with Gasteiger partial charge in [0.25, 0.3) is 0 Å². The van der Waals surface area contributed by atoms with E-state index >= 15 is 0 Å². The van der Waals surface area contributed by atoms with Crippen molar-refractivity contribution in [2.45, 2.75) is 58.6 Å². The minimum atomic E-state index is 0.0812. The number of ether oxygens (including phenoxy) is 1. The van der Waals surface area contributed by atoms with Gasteiger partial charge in [-0.25, -0.2) is 0 Å². The largest absolute Gasteiger partial charge is 0.372 e. The number of hydrogen-bond donors (Lipinski definition) is 1. The van der Waals surface area contributed by atoms with Crippen molar-refractivity contribution < 1.29 is 4.74 Å². The maximum atomic E-state index is 6.08.